The van der Waals surface area contributed by atoms with E-state index < -0.39 is 15.3 Å². The number of thioether (sulfide) groups is 1. The fourth-order valence-corrected chi connectivity index (χ4v) is 12.7. The summed E-state index contributed by atoms with van der Waals surface area (Å²) in [7, 11) is -2.66. The second-order valence-electron chi connectivity index (χ2n) is 8.16. The highest BCUT2D eigenvalue weighted by Gasteiger charge is 2.45. The normalized spacial score (nSPS) is 11.7. The van der Waals surface area contributed by atoms with Gasteiger partial charge in [0.15, 0.2) is 0 Å². The molecule has 3 rings (SSSR count). The third-order valence-electron chi connectivity index (χ3n) is 4.87. The van der Waals surface area contributed by atoms with Gasteiger partial charge in [0.05, 0.1) is 0 Å². The minimum atomic E-state index is -1.66. The first-order chi connectivity index (χ1) is 13.0. The van der Waals surface area contributed by atoms with Crippen LogP contribution < -0.4 is 28.3 Å². The predicted octanol–water partition coefficient (Wildman–Crippen LogP) is 3.01. The van der Waals surface area contributed by atoms with Gasteiger partial charge in [-0.1, -0.05) is 74.2 Å². The van der Waals surface area contributed by atoms with E-state index in [1.165, 1.54) is 33.2 Å². The van der Waals surface area contributed by atoms with Crippen molar-refractivity contribution in [2.24, 2.45) is 0 Å². The van der Waals surface area contributed by atoms with Gasteiger partial charge in [0, 0.05) is 8.07 Å². The van der Waals surface area contributed by atoms with Crippen molar-refractivity contribution < 1.29 is 12.4 Å². The Labute approximate surface area is 182 Å². The lowest BCUT2D eigenvalue weighted by molar-refractivity contribution is -0.00000559. The molecular formula is C24H30ClPSSi. The summed E-state index contributed by atoms with van der Waals surface area (Å²) < 4.78 is 0. The quantitative estimate of drug-likeness (QED) is 0.292. The molecule has 0 unspecified atom stereocenters. The molecule has 28 heavy (non-hydrogen) atoms. The van der Waals surface area contributed by atoms with Crippen molar-refractivity contribution in [3.05, 3.63) is 91.0 Å². The molecule has 0 N–H and O–H groups in total. The minimum absolute atomic E-state index is 0. The van der Waals surface area contributed by atoms with E-state index in [2.05, 4.69) is 122 Å². The van der Waals surface area contributed by atoms with Crippen LogP contribution >= 0.6 is 19.0 Å². The SMILES string of the molecule is C[Si](C)(C)CCSC[P+](c1ccccc1)(c1ccccc1)c1ccccc1.[Cl-]. The molecule has 0 spiro atoms. The zero-order valence-electron chi connectivity index (χ0n) is 17.0. The molecule has 0 saturated carbocycles. The molecular weight excluding hydrogens is 415 g/mol. The lowest BCUT2D eigenvalue weighted by Gasteiger charge is -2.27. The molecule has 0 aliphatic carbocycles. The van der Waals surface area contributed by atoms with Gasteiger partial charge in [0.25, 0.3) is 0 Å². The van der Waals surface area contributed by atoms with Crippen LogP contribution in [0.15, 0.2) is 91.0 Å². The molecule has 0 fully saturated rings. The fraction of sp³-hybridized carbons (Fsp3) is 0.250. The van der Waals surface area contributed by atoms with Crippen LogP contribution in [0, 0.1) is 0 Å². The third-order valence-corrected chi connectivity index (χ3v) is 13.3. The van der Waals surface area contributed by atoms with Crippen LogP contribution in [-0.2, 0) is 0 Å². The van der Waals surface area contributed by atoms with Gasteiger partial charge in [-0.15, -0.1) is 11.8 Å². The third kappa shape index (κ3) is 5.73. The summed E-state index contributed by atoms with van der Waals surface area (Å²) in [6.45, 7) is 7.42. The molecule has 148 valence electrons. The van der Waals surface area contributed by atoms with Crippen LogP contribution in [0.2, 0.25) is 25.7 Å². The summed E-state index contributed by atoms with van der Waals surface area (Å²) in [5.41, 5.74) is 1.18. The van der Waals surface area contributed by atoms with Gasteiger partial charge in [-0.05, 0) is 48.2 Å². The predicted molar refractivity (Wildman–Crippen MR) is 131 cm³/mol. The Morgan fingerprint density at radius 1 is 0.643 bits per heavy atom. The van der Waals surface area contributed by atoms with Crippen molar-refractivity contribution in [3.63, 3.8) is 0 Å². The molecule has 0 radical (unpaired) electrons. The number of benzene rings is 3. The first kappa shape index (κ1) is 23.2. The number of halogens is 1. The molecule has 0 amide bonds. The zero-order chi connectivity index (χ0) is 19.2. The molecule has 0 atom stereocenters. The van der Waals surface area contributed by atoms with Gasteiger partial charge in [0.2, 0.25) is 0 Å². The van der Waals surface area contributed by atoms with E-state index in [9.17, 15) is 0 Å². The Hall–Kier alpha value is -1.05. The number of rotatable bonds is 8. The summed E-state index contributed by atoms with van der Waals surface area (Å²) >= 11 is 2.16. The first-order valence-corrected chi connectivity index (χ1v) is 16.5. The highest BCUT2D eigenvalue weighted by Crippen LogP contribution is 2.57. The van der Waals surface area contributed by atoms with E-state index in [0.29, 0.717) is 0 Å². The number of hydrogen-bond donors (Lipinski definition) is 0. The van der Waals surface area contributed by atoms with Crippen LogP contribution in [-0.4, -0.2) is 19.3 Å². The highest BCUT2D eigenvalue weighted by atomic mass is 35.5. The molecule has 0 aliphatic rings. The Morgan fingerprint density at radius 2 is 1.00 bits per heavy atom. The lowest BCUT2D eigenvalue weighted by atomic mass is 10.4. The van der Waals surface area contributed by atoms with Crippen LogP contribution in [0.25, 0.3) is 0 Å². The van der Waals surface area contributed by atoms with Gasteiger partial charge in [0.1, 0.15) is 28.7 Å². The average Bonchev–Trinajstić information content (AvgIpc) is 2.70. The summed E-state index contributed by atoms with van der Waals surface area (Å²) in [4.78, 5) is 0. The van der Waals surface area contributed by atoms with Crippen LogP contribution in [0.4, 0.5) is 0 Å². The van der Waals surface area contributed by atoms with E-state index >= 15 is 0 Å². The molecule has 0 aromatic heterocycles. The Balaban J connectivity index is 0.00000280. The second kappa shape index (κ2) is 10.6. The van der Waals surface area contributed by atoms with E-state index in [1.54, 1.807) is 0 Å². The molecule has 0 nitrogen and oxygen atoms in total. The summed E-state index contributed by atoms with van der Waals surface area (Å²) in [5.74, 6) is 1.27. The average molecular weight is 445 g/mol. The van der Waals surface area contributed by atoms with Gasteiger partial charge < -0.3 is 12.4 Å². The monoisotopic (exact) mass is 444 g/mol. The molecule has 0 saturated heterocycles. The van der Waals surface area contributed by atoms with Crippen molar-refractivity contribution in [1.82, 2.24) is 0 Å². The van der Waals surface area contributed by atoms with E-state index in [-0.39, 0.29) is 12.4 Å². The van der Waals surface area contributed by atoms with Crippen molar-refractivity contribution in [1.29, 1.82) is 0 Å². The maximum atomic E-state index is 2.47. The van der Waals surface area contributed by atoms with Crippen LogP contribution in [0.1, 0.15) is 0 Å². The van der Waals surface area contributed by atoms with Gasteiger partial charge in [-0.25, -0.2) is 0 Å². The molecule has 3 aromatic rings. The van der Waals surface area contributed by atoms with Crippen molar-refractivity contribution in [2.45, 2.75) is 25.7 Å². The maximum Gasteiger partial charge on any atom is 0.122 e. The Morgan fingerprint density at radius 3 is 1.32 bits per heavy atom. The van der Waals surface area contributed by atoms with Gasteiger partial charge >= 0.3 is 0 Å². The summed E-state index contributed by atoms with van der Waals surface area (Å²) in [5, 5.41) is 4.47. The largest absolute Gasteiger partial charge is 1.00 e. The smallest absolute Gasteiger partial charge is 0.122 e. The van der Waals surface area contributed by atoms with E-state index in [0.717, 1.165) is 0 Å². The molecule has 0 heterocycles. The zero-order valence-corrected chi connectivity index (χ0v) is 20.5. The van der Waals surface area contributed by atoms with Gasteiger partial charge in [-0.2, -0.15) is 0 Å². The Kier molecular flexibility index (Phi) is 8.83. The number of hydrogen-bond acceptors (Lipinski definition) is 1. The fourth-order valence-electron chi connectivity index (χ4n) is 3.30. The lowest BCUT2D eigenvalue weighted by Crippen LogP contribution is -3.00. The highest BCUT2D eigenvalue weighted by molar-refractivity contribution is 8.13. The molecule has 0 bridgehead atoms. The van der Waals surface area contributed by atoms with Crippen LogP contribution in [0.5, 0.6) is 0 Å². The molecule has 3 aromatic carbocycles. The summed E-state index contributed by atoms with van der Waals surface area (Å²) in [6, 6.07) is 35.0. The van der Waals surface area contributed by atoms with Crippen molar-refractivity contribution in [2.75, 3.05) is 11.2 Å². The second-order valence-corrected chi connectivity index (χ2v) is 18.8. The standard InChI is InChI=1S/C24H30PSSi.ClH/c1-27(2,3)20-19-26-21-25(22-13-7-4-8-14-22,23-15-9-5-10-16-23)24-17-11-6-12-18-24;/h4-18H,19-21H2,1-3H3;1H/q+1;/p-1. The molecule has 4 heteroatoms. The van der Waals surface area contributed by atoms with Crippen molar-refractivity contribution in [3.8, 4) is 0 Å². The molecule has 0 aliphatic heterocycles. The summed E-state index contributed by atoms with van der Waals surface area (Å²) in [6.07, 6.45) is 0. The topological polar surface area (TPSA) is 0 Å². The van der Waals surface area contributed by atoms with E-state index in [1.807, 2.05) is 0 Å². The Bertz CT molecular complexity index is 723. The first-order valence-electron chi connectivity index (χ1n) is 9.65. The van der Waals surface area contributed by atoms with Crippen LogP contribution in [0.3, 0.4) is 0 Å². The minimum Gasteiger partial charge on any atom is -1.00 e. The maximum absolute atomic E-state index is 2.47. The van der Waals surface area contributed by atoms with E-state index in [4.69, 9.17) is 0 Å². The van der Waals surface area contributed by atoms with Crippen molar-refractivity contribution >= 4 is 43.0 Å². The van der Waals surface area contributed by atoms with Gasteiger partial charge in [-0.3, -0.25) is 0 Å².